The molecule has 1 aromatic rings. The summed E-state index contributed by atoms with van der Waals surface area (Å²) in [6.07, 6.45) is 1.60. The molecule has 0 aromatic heterocycles. The van der Waals surface area contributed by atoms with Gasteiger partial charge >= 0.3 is 5.97 Å². The van der Waals surface area contributed by atoms with Crippen LogP contribution in [0.2, 0.25) is 0 Å². The SMILES string of the molecule is O=C(OCC1CCC(Cl)O1)c1ccccc1. The van der Waals surface area contributed by atoms with Gasteiger partial charge in [0, 0.05) is 0 Å². The van der Waals surface area contributed by atoms with Gasteiger partial charge in [-0.3, -0.25) is 0 Å². The van der Waals surface area contributed by atoms with Crippen LogP contribution in [0, 0.1) is 0 Å². The van der Waals surface area contributed by atoms with Gasteiger partial charge in [0.05, 0.1) is 11.7 Å². The number of halogens is 1. The van der Waals surface area contributed by atoms with Crippen LogP contribution < -0.4 is 0 Å². The number of hydrogen-bond donors (Lipinski definition) is 0. The lowest BCUT2D eigenvalue weighted by Crippen LogP contribution is -2.18. The summed E-state index contributed by atoms with van der Waals surface area (Å²) in [5.41, 5.74) is 0.323. The summed E-state index contributed by atoms with van der Waals surface area (Å²) in [4.78, 5) is 11.6. The van der Waals surface area contributed by atoms with Crippen LogP contribution >= 0.6 is 11.6 Å². The third kappa shape index (κ3) is 2.97. The predicted molar refractivity (Wildman–Crippen MR) is 60.5 cm³/mol. The molecule has 1 aliphatic heterocycles. The first-order valence-corrected chi connectivity index (χ1v) is 5.71. The van der Waals surface area contributed by atoms with E-state index in [2.05, 4.69) is 0 Å². The third-order valence-corrected chi connectivity index (χ3v) is 2.79. The van der Waals surface area contributed by atoms with Gasteiger partial charge in [-0.25, -0.2) is 4.79 Å². The number of alkyl halides is 1. The summed E-state index contributed by atoms with van der Waals surface area (Å²) in [6, 6.07) is 8.91. The van der Waals surface area contributed by atoms with Gasteiger partial charge in [-0.05, 0) is 25.0 Å². The molecule has 1 aliphatic rings. The lowest BCUT2D eigenvalue weighted by molar-refractivity contribution is 0.00963. The van der Waals surface area contributed by atoms with E-state index in [-0.39, 0.29) is 24.2 Å². The number of carbonyl (C=O) groups is 1. The predicted octanol–water partition coefficient (Wildman–Crippen LogP) is 2.59. The molecule has 0 saturated carbocycles. The highest BCUT2D eigenvalue weighted by molar-refractivity contribution is 6.19. The normalized spacial score (nSPS) is 24.3. The average Bonchev–Trinajstić information content (AvgIpc) is 2.73. The van der Waals surface area contributed by atoms with Gasteiger partial charge in [0.2, 0.25) is 0 Å². The Morgan fingerprint density at radius 3 is 2.75 bits per heavy atom. The summed E-state index contributed by atoms with van der Waals surface area (Å²) in [5.74, 6) is -0.317. The van der Waals surface area contributed by atoms with E-state index in [1.54, 1.807) is 24.3 Å². The maximum absolute atomic E-state index is 11.6. The largest absolute Gasteiger partial charge is 0.459 e. The zero-order chi connectivity index (χ0) is 11.4. The second-order valence-corrected chi connectivity index (χ2v) is 4.20. The summed E-state index contributed by atoms with van der Waals surface area (Å²) in [7, 11) is 0. The van der Waals surface area contributed by atoms with Crippen LogP contribution in [0.15, 0.2) is 30.3 Å². The molecule has 2 unspecified atom stereocenters. The van der Waals surface area contributed by atoms with E-state index in [1.165, 1.54) is 0 Å². The number of hydrogen-bond acceptors (Lipinski definition) is 3. The fourth-order valence-corrected chi connectivity index (χ4v) is 1.88. The van der Waals surface area contributed by atoms with Crippen LogP contribution in [0.1, 0.15) is 23.2 Å². The quantitative estimate of drug-likeness (QED) is 0.602. The Hall–Kier alpha value is -1.06. The van der Waals surface area contributed by atoms with Gasteiger partial charge in [0.25, 0.3) is 0 Å². The first-order chi connectivity index (χ1) is 7.75. The maximum atomic E-state index is 11.6. The van der Waals surface area contributed by atoms with Crippen LogP contribution in [0.4, 0.5) is 0 Å². The molecule has 1 saturated heterocycles. The number of carbonyl (C=O) groups excluding carboxylic acids is 1. The minimum Gasteiger partial charge on any atom is -0.459 e. The number of esters is 1. The van der Waals surface area contributed by atoms with Crippen molar-refractivity contribution < 1.29 is 14.3 Å². The standard InChI is InChI=1S/C12H13ClO3/c13-11-7-6-10(16-11)8-15-12(14)9-4-2-1-3-5-9/h1-5,10-11H,6-8H2. The molecule has 0 bridgehead atoms. The zero-order valence-corrected chi connectivity index (χ0v) is 9.52. The molecule has 3 nitrogen and oxygen atoms in total. The van der Waals surface area contributed by atoms with Crippen molar-refractivity contribution in [1.82, 2.24) is 0 Å². The van der Waals surface area contributed by atoms with Crippen LogP contribution in [0.5, 0.6) is 0 Å². The number of rotatable bonds is 3. The molecule has 0 N–H and O–H groups in total. The summed E-state index contributed by atoms with van der Waals surface area (Å²) in [5, 5.41) is 0. The highest BCUT2D eigenvalue weighted by Gasteiger charge is 2.24. The molecule has 1 fully saturated rings. The Morgan fingerprint density at radius 2 is 2.12 bits per heavy atom. The van der Waals surface area contributed by atoms with Crippen molar-refractivity contribution in [3.8, 4) is 0 Å². The molecule has 0 amide bonds. The van der Waals surface area contributed by atoms with Gasteiger partial charge in [-0.15, -0.1) is 0 Å². The van der Waals surface area contributed by atoms with E-state index < -0.39 is 0 Å². The third-order valence-electron chi connectivity index (χ3n) is 2.47. The van der Waals surface area contributed by atoms with Crippen molar-refractivity contribution in [2.45, 2.75) is 24.5 Å². The van der Waals surface area contributed by atoms with Crippen LogP contribution in [0.3, 0.4) is 0 Å². The van der Waals surface area contributed by atoms with Crippen LogP contribution in [0.25, 0.3) is 0 Å². The molecule has 0 radical (unpaired) electrons. The first-order valence-electron chi connectivity index (χ1n) is 5.27. The first kappa shape index (κ1) is 11.4. The molecule has 0 aliphatic carbocycles. The fourth-order valence-electron chi connectivity index (χ4n) is 1.61. The van der Waals surface area contributed by atoms with E-state index >= 15 is 0 Å². The van der Waals surface area contributed by atoms with Gasteiger partial charge in [-0.2, -0.15) is 0 Å². The minimum atomic E-state index is -0.317. The highest BCUT2D eigenvalue weighted by atomic mass is 35.5. The molecule has 1 aromatic carbocycles. The highest BCUT2D eigenvalue weighted by Crippen LogP contribution is 2.22. The lowest BCUT2D eigenvalue weighted by atomic mass is 10.2. The van der Waals surface area contributed by atoms with Crippen molar-refractivity contribution in [2.75, 3.05) is 6.61 Å². The minimum absolute atomic E-state index is 0.0600. The van der Waals surface area contributed by atoms with E-state index in [9.17, 15) is 4.79 Å². The summed E-state index contributed by atoms with van der Waals surface area (Å²) >= 11 is 5.78. The van der Waals surface area contributed by atoms with Gasteiger partial charge in [0.1, 0.15) is 12.2 Å². The lowest BCUT2D eigenvalue weighted by Gasteiger charge is -2.10. The molecule has 86 valence electrons. The molecular formula is C12H13ClO3. The second-order valence-electron chi connectivity index (χ2n) is 3.71. The number of ether oxygens (including phenoxy) is 2. The molecule has 2 rings (SSSR count). The van der Waals surface area contributed by atoms with E-state index in [0.717, 1.165) is 12.8 Å². The Kier molecular flexibility index (Phi) is 3.80. The van der Waals surface area contributed by atoms with Crippen LogP contribution in [-0.4, -0.2) is 24.2 Å². The van der Waals surface area contributed by atoms with Gasteiger partial charge in [0.15, 0.2) is 0 Å². The topological polar surface area (TPSA) is 35.5 Å². The van der Waals surface area contributed by atoms with Crippen LogP contribution in [-0.2, 0) is 9.47 Å². The van der Waals surface area contributed by atoms with Gasteiger partial charge in [-0.1, -0.05) is 29.8 Å². The molecule has 2 atom stereocenters. The Labute approximate surface area is 99.3 Å². The molecule has 16 heavy (non-hydrogen) atoms. The zero-order valence-electron chi connectivity index (χ0n) is 8.77. The maximum Gasteiger partial charge on any atom is 0.338 e. The van der Waals surface area contributed by atoms with E-state index in [1.807, 2.05) is 6.07 Å². The summed E-state index contributed by atoms with van der Waals surface area (Å²) < 4.78 is 10.5. The molecular weight excluding hydrogens is 228 g/mol. The average molecular weight is 241 g/mol. The molecule has 0 spiro atoms. The van der Waals surface area contributed by atoms with Crippen molar-refractivity contribution >= 4 is 17.6 Å². The number of benzene rings is 1. The molecule has 4 heteroatoms. The Bertz CT molecular complexity index is 353. The van der Waals surface area contributed by atoms with Crippen molar-refractivity contribution in [3.05, 3.63) is 35.9 Å². The smallest absolute Gasteiger partial charge is 0.338 e. The van der Waals surface area contributed by atoms with Crippen molar-refractivity contribution in [3.63, 3.8) is 0 Å². The fraction of sp³-hybridized carbons (Fsp3) is 0.417. The van der Waals surface area contributed by atoms with Crippen molar-refractivity contribution in [1.29, 1.82) is 0 Å². The monoisotopic (exact) mass is 240 g/mol. The molecule has 1 heterocycles. The van der Waals surface area contributed by atoms with E-state index in [4.69, 9.17) is 21.1 Å². The Balaban J connectivity index is 1.80. The Morgan fingerprint density at radius 1 is 1.38 bits per heavy atom. The van der Waals surface area contributed by atoms with Crippen molar-refractivity contribution in [2.24, 2.45) is 0 Å². The second kappa shape index (κ2) is 5.32. The van der Waals surface area contributed by atoms with Gasteiger partial charge < -0.3 is 9.47 Å². The summed E-state index contributed by atoms with van der Waals surface area (Å²) in [6.45, 7) is 0.275. The van der Waals surface area contributed by atoms with E-state index in [0.29, 0.717) is 5.56 Å².